The minimum Gasteiger partial charge on any atom is -0.465 e. The van der Waals surface area contributed by atoms with Crippen LogP contribution in [0.3, 0.4) is 0 Å². The number of furan rings is 1. The molecule has 7 nitrogen and oxygen atoms in total. The molecule has 172 valence electrons. The van der Waals surface area contributed by atoms with Crippen LogP contribution >= 0.6 is 0 Å². The van der Waals surface area contributed by atoms with Crippen molar-refractivity contribution in [3.05, 3.63) is 111 Å². The number of carbonyl (C=O) groups is 1. The van der Waals surface area contributed by atoms with E-state index in [0.29, 0.717) is 23.3 Å². The van der Waals surface area contributed by atoms with Crippen LogP contribution in [0.25, 0.3) is 28.2 Å². The Hall–Kier alpha value is -4.52. The molecule has 0 amide bonds. The third-order valence-corrected chi connectivity index (χ3v) is 6.30. The standard InChI is InChI=1S/C28H21N3O4/c1-17-6-4-12-31-24(32)15-19(29-27(17)31)16-35-28(33)25-21-8-2-3-9-23(21)30-26-18(10-11-22(25)26)14-20-7-5-13-34-20/h2-9,12-15H,10-11,16H2,1H3. The zero-order chi connectivity index (χ0) is 23.9. The van der Waals surface area contributed by atoms with Crippen molar-refractivity contribution in [3.8, 4) is 0 Å². The third kappa shape index (κ3) is 3.71. The minimum absolute atomic E-state index is 0.0978. The van der Waals surface area contributed by atoms with E-state index >= 15 is 0 Å². The Morgan fingerprint density at radius 3 is 2.86 bits per heavy atom. The van der Waals surface area contributed by atoms with Crippen molar-refractivity contribution in [1.29, 1.82) is 0 Å². The Morgan fingerprint density at radius 1 is 1.11 bits per heavy atom. The summed E-state index contributed by atoms with van der Waals surface area (Å²) in [6.45, 7) is 1.79. The predicted octanol–water partition coefficient (Wildman–Crippen LogP) is 4.99. The molecule has 35 heavy (non-hydrogen) atoms. The summed E-state index contributed by atoms with van der Waals surface area (Å²) in [5.74, 6) is 0.293. The van der Waals surface area contributed by atoms with Gasteiger partial charge in [-0.2, -0.15) is 0 Å². The second-order valence-electron chi connectivity index (χ2n) is 8.56. The maximum absolute atomic E-state index is 13.4. The van der Waals surface area contributed by atoms with Gasteiger partial charge < -0.3 is 9.15 Å². The molecule has 0 spiro atoms. The number of allylic oxidation sites excluding steroid dienone is 1. The molecule has 0 atom stereocenters. The number of carbonyl (C=O) groups excluding carboxylic acids is 1. The van der Waals surface area contributed by atoms with Gasteiger partial charge in [0.15, 0.2) is 0 Å². The number of esters is 1. The van der Waals surface area contributed by atoms with Gasteiger partial charge in [0.05, 0.1) is 28.7 Å². The highest BCUT2D eigenvalue weighted by Crippen LogP contribution is 2.37. The van der Waals surface area contributed by atoms with Gasteiger partial charge >= 0.3 is 5.97 Å². The van der Waals surface area contributed by atoms with Gasteiger partial charge in [0.2, 0.25) is 0 Å². The first-order valence-corrected chi connectivity index (χ1v) is 11.4. The summed E-state index contributed by atoms with van der Waals surface area (Å²) in [6, 6.07) is 16.4. The molecule has 0 fully saturated rings. The van der Waals surface area contributed by atoms with Crippen molar-refractivity contribution in [1.82, 2.24) is 14.4 Å². The molecule has 7 heteroatoms. The first-order chi connectivity index (χ1) is 17.1. The van der Waals surface area contributed by atoms with Gasteiger partial charge in [-0.05, 0) is 66.8 Å². The van der Waals surface area contributed by atoms with E-state index in [-0.39, 0.29) is 12.2 Å². The fraction of sp³-hybridized carbons (Fsp3) is 0.143. The second kappa shape index (κ2) is 8.36. The summed E-state index contributed by atoms with van der Waals surface area (Å²) >= 11 is 0. The van der Waals surface area contributed by atoms with Gasteiger partial charge in [-0.25, -0.2) is 14.8 Å². The Morgan fingerprint density at radius 2 is 2.00 bits per heavy atom. The molecular weight excluding hydrogens is 442 g/mol. The number of pyridine rings is 2. The number of benzene rings is 1. The predicted molar refractivity (Wildman–Crippen MR) is 132 cm³/mol. The molecule has 0 N–H and O–H groups in total. The highest BCUT2D eigenvalue weighted by molar-refractivity contribution is 6.07. The van der Waals surface area contributed by atoms with E-state index < -0.39 is 5.97 Å². The molecule has 1 aliphatic rings. The number of hydrogen-bond donors (Lipinski definition) is 0. The van der Waals surface area contributed by atoms with E-state index in [0.717, 1.165) is 45.5 Å². The number of ether oxygens (including phenoxy) is 1. The van der Waals surface area contributed by atoms with Crippen molar-refractivity contribution in [2.24, 2.45) is 0 Å². The quantitative estimate of drug-likeness (QED) is 0.349. The van der Waals surface area contributed by atoms with Crippen molar-refractivity contribution >= 4 is 34.2 Å². The molecule has 0 saturated carbocycles. The van der Waals surface area contributed by atoms with Crippen LogP contribution in [0.15, 0.2) is 76.3 Å². The molecule has 5 aromatic rings. The minimum atomic E-state index is -0.453. The fourth-order valence-corrected chi connectivity index (χ4v) is 4.65. The van der Waals surface area contributed by atoms with E-state index in [4.69, 9.17) is 14.1 Å². The second-order valence-corrected chi connectivity index (χ2v) is 8.56. The zero-order valence-electron chi connectivity index (χ0n) is 19.0. The summed E-state index contributed by atoms with van der Waals surface area (Å²) in [6.07, 6.45) is 6.71. The molecule has 0 bridgehead atoms. The van der Waals surface area contributed by atoms with Crippen LogP contribution in [0.4, 0.5) is 0 Å². The number of aromatic nitrogens is 3. The molecule has 0 saturated heterocycles. The first-order valence-electron chi connectivity index (χ1n) is 11.4. The molecule has 6 rings (SSSR count). The Kier molecular flexibility index (Phi) is 5.03. The van der Waals surface area contributed by atoms with E-state index in [1.165, 1.54) is 10.5 Å². The number of fused-ring (bicyclic) bond motifs is 3. The molecule has 4 heterocycles. The SMILES string of the molecule is Cc1cccn2c(=O)cc(COC(=O)c3c4c(nc5ccccc35)C(=Cc3ccco3)CC4)nc12. The fourth-order valence-electron chi connectivity index (χ4n) is 4.65. The van der Waals surface area contributed by atoms with E-state index in [1.54, 1.807) is 18.5 Å². The van der Waals surface area contributed by atoms with Crippen LogP contribution in [0.1, 0.15) is 45.1 Å². The number of hydrogen-bond acceptors (Lipinski definition) is 6. The topological polar surface area (TPSA) is 86.7 Å². The van der Waals surface area contributed by atoms with Crippen molar-refractivity contribution in [3.63, 3.8) is 0 Å². The molecule has 1 aromatic carbocycles. The highest BCUT2D eigenvalue weighted by Gasteiger charge is 2.28. The van der Waals surface area contributed by atoms with Crippen LogP contribution in [0, 0.1) is 6.92 Å². The maximum atomic E-state index is 13.4. The number of aryl methyl sites for hydroxylation is 1. The summed E-state index contributed by atoms with van der Waals surface area (Å²) in [4.78, 5) is 35.4. The lowest BCUT2D eigenvalue weighted by atomic mass is 10.0. The molecular formula is C28H21N3O4. The van der Waals surface area contributed by atoms with E-state index in [2.05, 4.69) is 4.98 Å². The van der Waals surface area contributed by atoms with Crippen molar-refractivity contribution in [2.75, 3.05) is 0 Å². The smallest absolute Gasteiger partial charge is 0.339 e. The average molecular weight is 463 g/mol. The van der Waals surface area contributed by atoms with Crippen LogP contribution in [-0.4, -0.2) is 20.3 Å². The van der Waals surface area contributed by atoms with Crippen LogP contribution in [-0.2, 0) is 17.8 Å². The van der Waals surface area contributed by atoms with E-state index in [1.807, 2.05) is 55.5 Å². The zero-order valence-corrected chi connectivity index (χ0v) is 19.0. The van der Waals surface area contributed by atoms with Gasteiger partial charge in [0.25, 0.3) is 5.56 Å². The van der Waals surface area contributed by atoms with Gasteiger partial charge in [-0.3, -0.25) is 9.20 Å². The third-order valence-electron chi connectivity index (χ3n) is 6.30. The summed E-state index contributed by atoms with van der Waals surface area (Å²) < 4.78 is 12.7. The lowest BCUT2D eigenvalue weighted by Gasteiger charge is -2.12. The average Bonchev–Trinajstić information content (AvgIpc) is 3.52. The lowest BCUT2D eigenvalue weighted by Crippen LogP contribution is -2.17. The Bertz CT molecular complexity index is 1700. The number of para-hydroxylation sites is 1. The Labute approximate surface area is 200 Å². The highest BCUT2D eigenvalue weighted by atomic mass is 16.5. The van der Waals surface area contributed by atoms with Gasteiger partial charge in [0.1, 0.15) is 18.0 Å². The number of rotatable bonds is 4. The van der Waals surface area contributed by atoms with E-state index in [9.17, 15) is 9.59 Å². The molecule has 1 aliphatic carbocycles. The molecule has 4 aromatic heterocycles. The molecule has 0 aliphatic heterocycles. The largest absolute Gasteiger partial charge is 0.465 e. The summed E-state index contributed by atoms with van der Waals surface area (Å²) in [5.41, 5.74) is 5.54. The monoisotopic (exact) mass is 463 g/mol. The van der Waals surface area contributed by atoms with Gasteiger partial charge in [0, 0.05) is 17.6 Å². The van der Waals surface area contributed by atoms with Gasteiger partial charge in [-0.15, -0.1) is 0 Å². The van der Waals surface area contributed by atoms with Crippen LogP contribution in [0.5, 0.6) is 0 Å². The number of nitrogens with zero attached hydrogens (tertiary/aromatic N) is 3. The summed E-state index contributed by atoms with van der Waals surface area (Å²) in [7, 11) is 0. The normalized spacial score (nSPS) is 14.0. The van der Waals surface area contributed by atoms with Crippen LogP contribution < -0.4 is 5.56 Å². The van der Waals surface area contributed by atoms with Gasteiger partial charge in [-0.1, -0.05) is 24.3 Å². The molecule has 0 radical (unpaired) electrons. The maximum Gasteiger partial charge on any atom is 0.339 e. The molecule has 0 unspecified atom stereocenters. The first kappa shape index (κ1) is 21.0. The Balaban J connectivity index is 1.38. The van der Waals surface area contributed by atoms with Crippen LogP contribution in [0.2, 0.25) is 0 Å². The lowest BCUT2D eigenvalue weighted by molar-refractivity contribution is 0.0469. The van der Waals surface area contributed by atoms with Crippen molar-refractivity contribution in [2.45, 2.75) is 26.4 Å². The van der Waals surface area contributed by atoms with Crippen molar-refractivity contribution < 1.29 is 13.9 Å². The summed E-state index contributed by atoms with van der Waals surface area (Å²) in [5, 5.41) is 0.748.